The molecule has 0 saturated carbocycles. The summed E-state index contributed by atoms with van der Waals surface area (Å²) >= 11 is 0. The van der Waals surface area contributed by atoms with E-state index in [0.29, 0.717) is 5.56 Å². The minimum atomic E-state index is -0.691. The second-order valence-electron chi connectivity index (χ2n) is 6.40. The Hall–Kier alpha value is -3.54. The Morgan fingerprint density at radius 2 is 1.79 bits per heavy atom. The Morgan fingerprint density at radius 3 is 2.61 bits per heavy atom. The smallest absolute Gasteiger partial charge is 0.311 e. The van der Waals surface area contributed by atoms with Crippen molar-refractivity contribution in [3.63, 3.8) is 0 Å². The van der Waals surface area contributed by atoms with Crippen LogP contribution in [0.25, 0.3) is 22.2 Å². The molecular formula is C22H17FN2O3. The number of fused-ring (bicyclic) bond motifs is 1. The molecule has 4 aromatic rings. The molecular weight excluding hydrogens is 359 g/mol. The summed E-state index contributed by atoms with van der Waals surface area (Å²) in [5, 5.41) is 9.97. The normalized spacial score (nSPS) is 12.1. The molecule has 0 N–H and O–H groups in total. The van der Waals surface area contributed by atoms with Crippen molar-refractivity contribution in [2.45, 2.75) is 19.4 Å². The van der Waals surface area contributed by atoms with Gasteiger partial charge in [-0.2, -0.15) is 0 Å². The molecule has 6 heteroatoms. The van der Waals surface area contributed by atoms with Crippen LogP contribution in [-0.4, -0.2) is 16.2 Å². The highest BCUT2D eigenvalue weighted by Gasteiger charge is 2.19. The number of carbonyl (C=O) groups is 1. The first-order valence-corrected chi connectivity index (χ1v) is 8.85. The molecule has 5 nitrogen and oxygen atoms in total. The maximum absolute atomic E-state index is 13.0. The van der Waals surface area contributed by atoms with Gasteiger partial charge in [-0.25, -0.2) is 4.39 Å². The predicted molar refractivity (Wildman–Crippen MR) is 102 cm³/mol. The second-order valence-corrected chi connectivity index (χ2v) is 6.40. The van der Waals surface area contributed by atoms with Crippen molar-refractivity contribution in [2.24, 2.45) is 0 Å². The zero-order valence-electron chi connectivity index (χ0n) is 15.1. The van der Waals surface area contributed by atoms with Crippen molar-refractivity contribution in [1.82, 2.24) is 10.2 Å². The lowest BCUT2D eigenvalue weighted by Gasteiger charge is -2.10. The van der Waals surface area contributed by atoms with Crippen molar-refractivity contribution in [1.29, 1.82) is 0 Å². The molecule has 28 heavy (non-hydrogen) atoms. The van der Waals surface area contributed by atoms with E-state index < -0.39 is 6.10 Å². The minimum absolute atomic E-state index is 0.144. The molecule has 0 aliphatic heterocycles. The summed E-state index contributed by atoms with van der Waals surface area (Å²) in [7, 11) is 0. The molecule has 0 amide bonds. The average molecular weight is 376 g/mol. The van der Waals surface area contributed by atoms with Crippen molar-refractivity contribution in [2.75, 3.05) is 0 Å². The van der Waals surface area contributed by atoms with E-state index in [2.05, 4.69) is 10.2 Å². The fraction of sp³-hybridized carbons (Fsp3) is 0.136. The van der Waals surface area contributed by atoms with E-state index in [-0.39, 0.29) is 30.0 Å². The van der Waals surface area contributed by atoms with E-state index >= 15 is 0 Å². The van der Waals surface area contributed by atoms with Crippen LogP contribution in [0.5, 0.6) is 0 Å². The van der Waals surface area contributed by atoms with Crippen LogP contribution in [0, 0.1) is 5.82 Å². The highest BCUT2D eigenvalue weighted by atomic mass is 19.1. The number of nitrogens with zero attached hydrogens (tertiary/aromatic N) is 2. The Kier molecular flexibility index (Phi) is 4.85. The van der Waals surface area contributed by atoms with Crippen LogP contribution < -0.4 is 0 Å². The number of benzene rings is 3. The summed E-state index contributed by atoms with van der Waals surface area (Å²) < 4.78 is 24.1. The number of esters is 1. The van der Waals surface area contributed by atoms with Crippen molar-refractivity contribution < 1.29 is 18.3 Å². The third kappa shape index (κ3) is 3.76. The summed E-state index contributed by atoms with van der Waals surface area (Å²) in [4.78, 5) is 12.4. The summed E-state index contributed by atoms with van der Waals surface area (Å²) in [5.74, 6) is -0.304. The second kappa shape index (κ2) is 7.60. The maximum atomic E-state index is 13.0. The zero-order chi connectivity index (χ0) is 19.5. The summed E-state index contributed by atoms with van der Waals surface area (Å²) in [6.45, 7) is 1.67. The zero-order valence-corrected chi connectivity index (χ0v) is 15.1. The van der Waals surface area contributed by atoms with Gasteiger partial charge in [0, 0.05) is 5.56 Å². The average Bonchev–Trinajstić information content (AvgIpc) is 3.19. The number of hydrogen-bond acceptors (Lipinski definition) is 5. The standard InChI is InChI=1S/C22H17FN2O3/c1-14(21-24-25-22(28-21)16-9-11-18(23)12-10-16)27-20(26)13-17-7-4-6-15-5-2-3-8-19(15)17/h2-12,14H,13H2,1H3/t14-/m1/s1. The Balaban J connectivity index is 1.45. The van der Waals surface area contributed by atoms with Crippen molar-refractivity contribution >= 4 is 16.7 Å². The lowest BCUT2D eigenvalue weighted by atomic mass is 10.0. The molecule has 0 unspecified atom stereocenters. The number of carbonyl (C=O) groups excluding carboxylic acids is 1. The predicted octanol–water partition coefficient (Wildman–Crippen LogP) is 4.88. The van der Waals surface area contributed by atoms with E-state index in [9.17, 15) is 9.18 Å². The van der Waals surface area contributed by atoms with Gasteiger partial charge in [-0.15, -0.1) is 10.2 Å². The third-order valence-electron chi connectivity index (χ3n) is 4.40. The molecule has 4 rings (SSSR count). The molecule has 0 aliphatic carbocycles. The molecule has 0 fully saturated rings. The van der Waals surface area contributed by atoms with Crippen LogP contribution in [0.2, 0.25) is 0 Å². The number of aromatic nitrogens is 2. The molecule has 1 aromatic heterocycles. The lowest BCUT2D eigenvalue weighted by molar-refractivity contribution is -0.148. The monoisotopic (exact) mass is 376 g/mol. The van der Waals surface area contributed by atoms with Crippen LogP contribution in [0.4, 0.5) is 4.39 Å². The highest BCUT2D eigenvalue weighted by molar-refractivity contribution is 5.89. The Morgan fingerprint density at radius 1 is 1.04 bits per heavy atom. The third-order valence-corrected chi connectivity index (χ3v) is 4.40. The van der Waals surface area contributed by atoms with E-state index in [4.69, 9.17) is 9.15 Å². The van der Waals surface area contributed by atoms with Crippen LogP contribution >= 0.6 is 0 Å². The first-order chi connectivity index (χ1) is 13.6. The SMILES string of the molecule is C[C@@H](OC(=O)Cc1cccc2ccccc12)c1nnc(-c2ccc(F)cc2)o1. The van der Waals surface area contributed by atoms with Crippen molar-refractivity contribution in [3.8, 4) is 11.5 Å². The molecule has 3 aromatic carbocycles. The molecule has 1 atom stereocenters. The molecule has 0 bridgehead atoms. The summed E-state index contributed by atoms with van der Waals surface area (Å²) in [5.41, 5.74) is 1.49. The number of rotatable bonds is 5. The van der Waals surface area contributed by atoms with Gasteiger partial charge in [-0.05, 0) is 47.5 Å². The molecule has 140 valence electrons. The molecule has 0 spiro atoms. The topological polar surface area (TPSA) is 65.2 Å². The van der Waals surface area contributed by atoms with E-state index in [0.717, 1.165) is 16.3 Å². The van der Waals surface area contributed by atoms with Gasteiger partial charge < -0.3 is 9.15 Å². The molecule has 0 saturated heterocycles. The molecule has 0 aliphatic rings. The van der Waals surface area contributed by atoms with Gasteiger partial charge in [-0.1, -0.05) is 42.5 Å². The van der Waals surface area contributed by atoms with E-state index in [1.165, 1.54) is 12.1 Å². The van der Waals surface area contributed by atoms with Crippen LogP contribution in [0.15, 0.2) is 71.1 Å². The van der Waals surface area contributed by atoms with Gasteiger partial charge in [0.05, 0.1) is 6.42 Å². The minimum Gasteiger partial charge on any atom is -0.452 e. The van der Waals surface area contributed by atoms with Crippen LogP contribution in [0.3, 0.4) is 0 Å². The van der Waals surface area contributed by atoms with Gasteiger partial charge >= 0.3 is 5.97 Å². The van der Waals surface area contributed by atoms with Gasteiger partial charge in [0.25, 0.3) is 5.89 Å². The van der Waals surface area contributed by atoms with E-state index in [1.807, 2.05) is 42.5 Å². The fourth-order valence-electron chi connectivity index (χ4n) is 3.00. The number of ether oxygens (including phenoxy) is 1. The largest absolute Gasteiger partial charge is 0.452 e. The Bertz CT molecular complexity index is 1120. The van der Waals surface area contributed by atoms with Gasteiger partial charge in [-0.3, -0.25) is 4.79 Å². The van der Waals surface area contributed by atoms with Gasteiger partial charge in [0.1, 0.15) is 5.82 Å². The van der Waals surface area contributed by atoms with E-state index in [1.54, 1.807) is 19.1 Å². The molecule has 1 heterocycles. The summed E-state index contributed by atoms with van der Waals surface area (Å²) in [6.07, 6.45) is -0.547. The highest BCUT2D eigenvalue weighted by Crippen LogP contribution is 2.24. The fourth-order valence-corrected chi connectivity index (χ4v) is 3.00. The lowest BCUT2D eigenvalue weighted by Crippen LogP contribution is -2.12. The maximum Gasteiger partial charge on any atom is 0.311 e. The Labute approximate surface area is 160 Å². The van der Waals surface area contributed by atoms with Gasteiger partial charge in [0.15, 0.2) is 6.10 Å². The first-order valence-electron chi connectivity index (χ1n) is 8.85. The van der Waals surface area contributed by atoms with Crippen LogP contribution in [-0.2, 0) is 16.0 Å². The first kappa shape index (κ1) is 17.9. The van der Waals surface area contributed by atoms with Crippen LogP contribution in [0.1, 0.15) is 24.5 Å². The number of hydrogen-bond donors (Lipinski definition) is 0. The quantitative estimate of drug-likeness (QED) is 0.465. The molecule has 0 radical (unpaired) electrons. The summed E-state index contributed by atoms with van der Waals surface area (Å²) in [6, 6.07) is 19.4. The van der Waals surface area contributed by atoms with Gasteiger partial charge in [0.2, 0.25) is 5.89 Å². The number of halogens is 1. The van der Waals surface area contributed by atoms with Crippen molar-refractivity contribution in [3.05, 3.63) is 84.0 Å².